The van der Waals surface area contributed by atoms with Crippen LogP contribution < -0.4 is 10.6 Å². The molecule has 0 atom stereocenters. The van der Waals surface area contributed by atoms with E-state index in [1.165, 1.54) is 6.08 Å². The van der Waals surface area contributed by atoms with Gasteiger partial charge in [0.05, 0.1) is 12.2 Å². The molecule has 0 aliphatic heterocycles. The van der Waals surface area contributed by atoms with Crippen LogP contribution in [0.3, 0.4) is 0 Å². The van der Waals surface area contributed by atoms with Gasteiger partial charge in [0.25, 0.3) is 5.91 Å². The third kappa shape index (κ3) is 7.36. The highest BCUT2D eigenvalue weighted by molar-refractivity contribution is 6.31. The van der Waals surface area contributed by atoms with Gasteiger partial charge in [0.2, 0.25) is 0 Å². The lowest BCUT2D eigenvalue weighted by Gasteiger charge is -2.06. The summed E-state index contributed by atoms with van der Waals surface area (Å²) in [6, 6.07) is 9.11. The van der Waals surface area contributed by atoms with E-state index in [9.17, 15) is 14.4 Å². The van der Waals surface area contributed by atoms with Crippen LogP contribution in [0.25, 0.3) is 6.08 Å². The van der Waals surface area contributed by atoms with E-state index in [0.29, 0.717) is 29.5 Å². The molecular formula is C21H25ClN4O4. The van der Waals surface area contributed by atoms with Gasteiger partial charge in [-0.2, -0.15) is 5.10 Å². The molecule has 0 radical (unpaired) electrons. The van der Waals surface area contributed by atoms with E-state index in [1.807, 2.05) is 37.3 Å². The van der Waals surface area contributed by atoms with Crippen LogP contribution >= 0.6 is 11.6 Å². The van der Waals surface area contributed by atoms with E-state index >= 15 is 0 Å². The summed E-state index contributed by atoms with van der Waals surface area (Å²) in [6.07, 6.45) is 4.39. The number of halogens is 1. The first-order valence-electron chi connectivity index (χ1n) is 9.60. The molecule has 3 amide bonds. The average Bonchev–Trinajstić information content (AvgIpc) is 2.98. The number of hydrogen-bond acceptors (Lipinski definition) is 5. The predicted octanol–water partition coefficient (Wildman–Crippen LogP) is 3.08. The van der Waals surface area contributed by atoms with E-state index in [2.05, 4.69) is 15.7 Å². The number of amides is 3. The van der Waals surface area contributed by atoms with Gasteiger partial charge in [-0.3, -0.25) is 10.1 Å². The quantitative estimate of drug-likeness (QED) is 0.360. The third-order valence-corrected chi connectivity index (χ3v) is 4.48. The van der Waals surface area contributed by atoms with Crippen LogP contribution in [-0.4, -0.2) is 40.8 Å². The highest BCUT2D eigenvalue weighted by atomic mass is 35.5. The molecule has 2 rings (SSSR count). The lowest BCUT2D eigenvalue weighted by molar-refractivity contribution is -0.143. The SMILES string of the molecule is CCCCNC(=O)NC(=O)COC(=O)/C=C/c1c(C)nn(Cc2ccccc2)c1Cl. The maximum absolute atomic E-state index is 11.9. The number of hydrogen-bond donors (Lipinski definition) is 2. The van der Waals surface area contributed by atoms with Crippen LogP contribution in [0.5, 0.6) is 0 Å². The van der Waals surface area contributed by atoms with Gasteiger partial charge >= 0.3 is 12.0 Å². The largest absolute Gasteiger partial charge is 0.452 e. The van der Waals surface area contributed by atoms with Crippen LogP contribution in [0, 0.1) is 6.92 Å². The van der Waals surface area contributed by atoms with Crippen LogP contribution in [0.1, 0.15) is 36.6 Å². The zero-order chi connectivity index (χ0) is 21.9. The predicted molar refractivity (Wildman–Crippen MR) is 114 cm³/mol. The second-order valence-corrected chi connectivity index (χ2v) is 6.89. The van der Waals surface area contributed by atoms with Crippen molar-refractivity contribution in [1.29, 1.82) is 0 Å². The minimum absolute atomic E-state index is 0.391. The molecular weight excluding hydrogens is 408 g/mol. The molecule has 1 aromatic carbocycles. The number of nitrogens with one attached hydrogen (secondary N) is 2. The number of carbonyl (C=O) groups is 3. The fraction of sp³-hybridized carbons (Fsp3) is 0.333. The van der Waals surface area contributed by atoms with Crippen molar-refractivity contribution in [2.24, 2.45) is 0 Å². The smallest absolute Gasteiger partial charge is 0.331 e. The lowest BCUT2D eigenvalue weighted by Crippen LogP contribution is -2.41. The first-order valence-corrected chi connectivity index (χ1v) is 9.97. The molecule has 0 bridgehead atoms. The van der Waals surface area contributed by atoms with Crippen LogP contribution in [-0.2, 0) is 20.9 Å². The Morgan fingerprint density at radius 1 is 1.23 bits per heavy atom. The summed E-state index contributed by atoms with van der Waals surface area (Å²) in [5, 5.41) is 9.40. The Labute approximate surface area is 180 Å². The molecule has 1 aromatic heterocycles. The molecule has 0 aliphatic rings. The average molecular weight is 433 g/mol. The van der Waals surface area contributed by atoms with Gasteiger partial charge in [-0.1, -0.05) is 55.3 Å². The molecule has 0 saturated heterocycles. The Morgan fingerprint density at radius 2 is 1.97 bits per heavy atom. The zero-order valence-electron chi connectivity index (χ0n) is 17.0. The van der Waals surface area contributed by atoms with Crippen molar-refractivity contribution < 1.29 is 19.1 Å². The summed E-state index contributed by atoms with van der Waals surface area (Å²) in [5.41, 5.74) is 2.28. The van der Waals surface area contributed by atoms with E-state index in [-0.39, 0.29) is 0 Å². The number of aromatic nitrogens is 2. The second-order valence-electron chi connectivity index (χ2n) is 6.53. The maximum Gasteiger partial charge on any atom is 0.331 e. The van der Waals surface area contributed by atoms with Gasteiger partial charge < -0.3 is 10.1 Å². The molecule has 0 fully saturated rings. The maximum atomic E-state index is 11.9. The van der Waals surface area contributed by atoms with E-state index in [1.54, 1.807) is 11.6 Å². The first-order chi connectivity index (χ1) is 14.4. The van der Waals surface area contributed by atoms with Crippen molar-refractivity contribution in [2.45, 2.75) is 33.2 Å². The summed E-state index contributed by atoms with van der Waals surface area (Å²) in [7, 11) is 0. The highest BCUT2D eigenvalue weighted by Crippen LogP contribution is 2.22. The van der Waals surface area contributed by atoms with E-state index in [4.69, 9.17) is 16.3 Å². The Balaban J connectivity index is 1.86. The summed E-state index contributed by atoms with van der Waals surface area (Å²) in [6.45, 7) is 4.17. The number of nitrogens with zero attached hydrogens (tertiary/aromatic N) is 2. The Kier molecular flexibility index (Phi) is 9.08. The number of esters is 1. The number of imide groups is 1. The lowest BCUT2D eigenvalue weighted by atomic mass is 10.2. The van der Waals surface area contributed by atoms with Gasteiger partial charge in [-0.05, 0) is 25.0 Å². The molecule has 0 saturated carbocycles. The molecule has 2 N–H and O–H groups in total. The monoisotopic (exact) mass is 432 g/mol. The summed E-state index contributed by atoms with van der Waals surface area (Å²) in [5.74, 6) is -1.45. The van der Waals surface area contributed by atoms with Crippen molar-refractivity contribution in [3.05, 3.63) is 58.4 Å². The van der Waals surface area contributed by atoms with Gasteiger partial charge in [0.1, 0.15) is 5.15 Å². The molecule has 1 heterocycles. The van der Waals surface area contributed by atoms with Crippen LogP contribution in [0.4, 0.5) is 4.79 Å². The molecule has 0 unspecified atom stereocenters. The Bertz CT molecular complexity index is 909. The molecule has 0 aliphatic carbocycles. The fourth-order valence-corrected chi connectivity index (χ4v) is 2.84. The summed E-state index contributed by atoms with van der Waals surface area (Å²) >= 11 is 6.39. The molecule has 30 heavy (non-hydrogen) atoms. The summed E-state index contributed by atoms with van der Waals surface area (Å²) < 4.78 is 6.49. The van der Waals surface area contributed by atoms with Crippen molar-refractivity contribution in [3.63, 3.8) is 0 Å². The number of ether oxygens (including phenoxy) is 1. The first kappa shape index (κ1) is 23.2. The topological polar surface area (TPSA) is 102 Å². The highest BCUT2D eigenvalue weighted by Gasteiger charge is 2.13. The van der Waals surface area contributed by atoms with Crippen LogP contribution in [0.15, 0.2) is 36.4 Å². The van der Waals surface area contributed by atoms with Gasteiger partial charge in [-0.25, -0.2) is 14.3 Å². The van der Waals surface area contributed by atoms with Crippen molar-refractivity contribution in [3.8, 4) is 0 Å². The summed E-state index contributed by atoms with van der Waals surface area (Å²) in [4.78, 5) is 35.0. The van der Waals surface area contributed by atoms with E-state index < -0.39 is 24.5 Å². The fourth-order valence-electron chi connectivity index (χ4n) is 2.54. The second kappa shape index (κ2) is 11.8. The number of benzene rings is 1. The number of rotatable bonds is 9. The number of unbranched alkanes of at least 4 members (excludes halogenated alkanes) is 1. The minimum Gasteiger partial charge on any atom is -0.452 e. The zero-order valence-corrected chi connectivity index (χ0v) is 17.7. The van der Waals surface area contributed by atoms with Crippen molar-refractivity contribution in [2.75, 3.05) is 13.2 Å². The van der Waals surface area contributed by atoms with Gasteiger partial charge in [0.15, 0.2) is 6.61 Å². The Hall–Kier alpha value is -3.13. The molecule has 2 aromatic rings. The van der Waals surface area contributed by atoms with Gasteiger partial charge in [0, 0.05) is 18.2 Å². The molecule has 0 spiro atoms. The van der Waals surface area contributed by atoms with Gasteiger partial charge in [-0.15, -0.1) is 0 Å². The minimum atomic E-state index is -0.734. The van der Waals surface area contributed by atoms with Crippen molar-refractivity contribution >= 4 is 35.6 Å². The normalized spacial score (nSPS) is 10.8. The third-order valence-electron chi connectivity index (χ3n) is 4.08. The molecule has 8 nitrogen and oxygen atoms in total. The Morgan fingerprint density at radius 3 is 2.67 bits per heavy atom. The number of aryl methyl sites for hydroxylation is 1. The van der Waals surface area contributed by atoms with E-state index in [0.717, 1.165) is 24.5 Å². The molecule has 9 heteroatoms. The molecule has 160 valence electrons. The number of urea groups is 1. The standard InChI is InChI=1S/C21H25ClN4O4/c1-3-4-12-23-21(29)24-18(27)14-30-19(28)11-10-17-15(2)25-26(20(17)22)13-16-8-6-5-7-9-16/h5-11H,3-4,12-14H2,1-2H3,(H2,23,24,27,29)/b11-10+. The number of carbonyl (C=O) groups excluding carboxylic acids is 3. The van der Waals surface area contributed by atoms with Crippen LogP contribution in [0.2, 0.25) is 5.15 Å². The van der Waals surface area contributed by atoms with Crippen molar-refractivity contribution in [1.82, 2.24) is 20.4 Å².